The average molecular weight is 223 g/mol. The number of rotatable bonds is 3. The van der Waals surface area contributed by atoms with Crippen molar-refractivity contribution in [2.24, 2.45) is 0 Å². The van der Waals surface area contributed by atoms with Crippen LogP contribution in [0.5, 0.6) is 5.75 Å². The summed E-state index contributed by atoms with van der Waals surface area (Å²) in [6, 6.07) is 4.78. The third-order valence-corrected chi connectivity index (χ3v) is 2.54. The van der Waals surface area contributed by atoms with Gasteiger partial charge < -0.3 is 15.6 Å². The number of phenols is 1. The summed E-state index contributed by atoms with van der Waals surface area (Å²) in [6.07, 6.45) is 0. The summed E-state index contributed by atoms with van der Waals surface area (Å²) in [7, 11) is 0. The van der Waals surface area contributed by atoms with Gasteiger partial charge in [0.1, 0.15) is 5.75 Å². The van der Waals surface area contributed by atoms with Gasteiger partial charge >= 0.3 is 5.97 Å². The number of anilines is 1. The monoisotopic (exact) mass is 223 g/mol. The molecule has 0 spiro atoms. The lowest BCUT2D eigenvalue weighted by Crippen LogP contribution is -2.31. The van der Waals surface area contributed by atoms with Gasteiger partial charge in [0.2, 0.25) is 0 Å². The third kappa shape index (κ3) is 2.27. The van der Waals surface area contributed by atoms with Crippen LogP contribution in [0.2, 0.25) is 0 Å². The number of hydrogen-bond acceptors (Lipinski definition) is 4. The first-order chi connectivity index (χ1) is 7.39. The number of hydrogen-bond donors (Lipinski definition) is 2. The van der Waals surface area contributed by atoms with E-state index in [0.29, 0.717) is 17.9 Å². The summed E-state index contributed by atoms with van der Waals surface area (Å²) in [5, 5.41) is 9.50. The van der Waals surface area contributed by atoms with Gasteiger partial charge in [-0.3, -0.25) is 4.79 Å². The van der Waals surface area contributed by atoms with Crippen LogP contribution in [0.4, 0.5) is 5.69 Å². The van der Waals surface area contributed by atoms with Crippen LogP contribution in [-0.2, 0) is 14.9 Å². The molecule has 0 heterocycles. The van der Waals surface area contributed by atoms with Crippen LogP contribution in [0, 0.1) is 0 Å². The second kappa shape index (κ2) is 4.43. The van der Waals surface area contributed by atoms with Gasteiger partial charge in [-0.25, -0.2) is 0 Å². The molecule has 0 saturated heterocycles. The van der Waals surface area contributed by atoms with Gasteiger partial charge in [0.05, 0.1) is 17.7 Å². The summed E-state index contributed by atoms with van der Waals surface area (Å²) in [6.45, 7) is 5.59. The first kappa shape index (κ1) is 12.4. The molecule has 0 amide bonds. The lowest BCUT2D eigenvalue weighted by molar-refractivity contribution is -0.148. The van der Waals surface area contributed by atoms with Crippen molar-refractivity contribution in [2.45, 2.75) is 26.2 Å². The van der Waals surface area contributed by atoms with Crippen LogP contribution in [0.1, 0.15) is 26.3 Å². The lowest BCUT2D eigenvalue weighted by Gasteiger charge is -2.23. The molecule has 0 atom stereocenters. The average Bonchev–Trinajstić information content (AvgIpc) is 2.22. The Hall–Kier alpha value is -1.71. The second-order valence-electron chi connectivity index (χ2n) is 4.12. The van der Waals surface area contributed by atoms with Crippen molar-refractivity contribution in [2.75, 3.05) is 12.3 Å². The van der Waals surface area contributed by atoms with E-state index in [2.05, 4.69) is 0 Å². The highest BCUT2D eigenvalue weighted by molar-refractivity contribution is 5.82. The summed E-state index contributed by atoms with van der Waals surface area (Å²) in [5.41, 5.74) is 5.68. The van der Waals surface area contributed by atoms with Gasteiger partial charge in [0.25, 0.3) is 0 Å². The van der Waals surface area contributed by atoms with Gasteiger partial charge in [-0.1, -0.05) is 6.07 Å². The van der Waals surface area contributed by atoms with Crippen LogP contribution in [-0.4, -0.2) is 17.7 Å². The molecule has 3 N–H and O–H groups in total. The number of carbonyl (C=O) groups is 1. The summed E-state index contributed by atoms with van der Waals surface area (Å²) >= 11 is 0. The minimum absolute atomic E-state index is 0.0186. The molecule has 0 radical (unpaired) electrons. The van der Waals surface area contributed by atoms with E-state index in [0.717, 1.165) is 0 Å². The van der Waals surface area contributed by atoms with Crippen molar-refractivity contribution in [3.05, 3.63) is 23.8 Å². The van der Waals surface area contributed by atoms with Gasteiger partial charge in [0.15, 0.2) is 0 Å². The maximum Gasteiger partial charge on any atom is 0.315 e. The fourth-order valence-corrected chi connectivity index (χ4v) is 1.36. The standard InChI is InChI=1S/C12H17NO3/c1-4-16-11(15)12(2,3)8-5-6-9(13)10(14)7-8/h5-7,14H,4,13H2,1-3H3. The first-order valence-electron chi connectivity index (χ1n) is 5.15. The molecule has 4 heteroatoms. The Morgan fingerprint density at radius 3 is 2.62 bits per heavy atom. The second-order valence-corrected chi connectivity index (χ2v) is 4.12. The molecule has 0 aliphatic carbocycles. The van der Waals surface area contributed by atoms with E-state index in [1.54, 1.807) is 32.9 Å². The molecular formula is C12H17NO3. The van der Waals surface area contributed by atoms with Crippen molar-refractivity contribution in [3.63, 3.8) is 0 Å². The van der Waals surface area contributed by atoms with E-state index >= 15 is 0 Å². The molecule has 1 rings (SSSR count). The van der Waals surface area contributed by atoms with Crippen molar-refractivity contribution in [3.8, 4) is 5.75 Å². The molecule has 88 valence electrons. The fraction of sp³-hybridized carbons (Fsp3) is 0.417. The molecule has 0 bridgehead atoms. The number of nitrogen functional groups attached to an aromatic ring is 1. The van der Waals surface area contributed by atoms with E-state index < -0.39 is 5.41 Å². The largest absolute Gasteiger partial charge is 0.506 e. The number of nitrogens with two attached hydrogens (primary N) is 1. The van der Waals surface area contributed by atoms with E-state index in [1.807, 2.05) is 0 Å². The van der Waals surface area contributed by atoms with Crippen molar-refractivity contribution < 1.29 is 14.6 Å². The molecule has 0 aromatic heterocycles. The van der Waals surface area contributed by atoms with Crippen molar-refractivity contribution in [1.29, 1.82) is 0 Å². The Morgan fingerprint density at radius 1 is 1.50 bits per heavy atom. The van der Waals surface area contributed by atoms with Crippen LogP contribution in [0.15, 0.2) is 18.2 Å². The number of aromatic hydroxyl groups is 1. The van der Waals surface area contributed by atoms with Crippen molar-refractivity contribution >= 4 is 11.7 Å². The predicted octanol–water partition coefficient (Wildman–Crippen LogP) is 1.82. The number of esters is 1. The maximum atomic E-state index is 11.7. The van der Waals surface area contributed by atoms with E-state index in [4.69, 9.17) is 10.5 Å². The van der Waals surface area contributed by atoms with Gasteiger partial charge in [-0.2, -0.15) is 0 Å². The molecule has 1 aromatic carbocycles. The van der Waals surface area contributed by atoms with Crippen molar-refractivity contribution in [1.82, 2.24) is 0 Å². The molecule has 0 aliphatic rings. The highest BCUT2D eigenvalue weighted by Gasteiger charge is 2.31. The van der Waals surface area contributed by atoms with Gasteiger partial charge in [0, 0.05) is 0 Å². The highest BCUT2D eigenvalue weighted by atomic mass is 16.5. The predicted molar refractivity (Wildman–Crippen MR) is 62.2 cm³/mol. The minimum Gasteiger partial charge on any atom is -0.506 e. The van der Waals surface area contributed by atoms with Crippen LogP contribution in [0.25, 0.3) is 0 Å². The molecule has 16 heavy (non-hydrogen) atoms. The molecule has 0 unspecified atom stereocenters. The quantitative estimate of drug-likeness (QED) is 0.465. The van der Waals surface area contributed by atoms with Gasteiger partial charge in [-0.15, -0.1) is 0 Å². The number of carbonyl (C=O) groups excluding carboxylic acids is 1. The topological polar surface area (TPSA) is 72.5 Å². The summed E-state index contributed by atoms with van der Waals surface area (Å²) < 4.78 is 4.98. The SMILES string of the molecule is CCOC(=O)C(C)(C)c1ccc(N)c(O)c1. The fourth-order valence-electron chi connectivity index (χ4n) is 1.36. The first-order valence-corrected chi connectivity index (χ1v) is 5.15. The third-order valence-electron chi connectivity index (χ3n) is 2.54. The van der Waals surface area contributed by atoms with Gasteiger partial charge in [-0.05, 0) is 38.5 Å². The Bertz CT molecular complexity index is 399. The number of benzene rings is 1. The Kier molecular flexibility index (Phi) is 3.42. The Balaban J connectivity index is 3.06. The molecule has 4 nitrogen and oxygen atoms in total. The molecule has 0 saturated carbocycles. The van der Waals surface area contributed by atoms with E-state index in [-0.39, 0.29) is 11.7 Å². The summed E-state index contributed by atoms with van der Waals surface area (Å²) in [4.78, 5) is 11.7. The Morgan fingerprint density at radius 2 is 2.12 bits per heavy atom. The zero-order valence-electron chi connectivity index (χ0n) is 9.78. The molecule has 0 aliphatic heterocycles. The Labute approximate surface area is 95.0 Å². The molecule has 1 aromatic rings. The number of ether oxygens (including phenoxy) is 1. The minimum atomic E-state index is -0.790. The normalized spacial score (nSPS) is 11.2. The summed E-state index contributed by atoms with van der Waals surface area (Å²) in [5.74, 6) is -0.339. The van der Waals surface area contributed by atoms with E-state index in [9.17, 15) is 9.90 Å². The molecular weight excluding hydrogens is 206 g/mol. The molecule has 0 fully saturated rings. The lowest BCUT2D eigenvalue weighted by atomic mass is 9.84. The van der Waals surface area contributed by atoms with E-state index in [1.165, 1.54) is 6.07 Å². The smallest absolute Gasteiger partial charge is 0.315 e. The zero-order valence-corrected chi connectivity index (χ0v) is 9.78. The maximum absolute atomic E-state index is 11.7. The zero-order chi connectivity index (χ0) is 12.3. The van der Waals surface area contributed by atoms with Crippen LogP contribution >= 0.6 is 0 Å². The van der Waals surface area contributed by atoms with Crippen LogP contribution < -0.4 is 5.73 Å². The highest BCUT2D eigenvalue weighted by Crippen LogP contribution is 2.30. The van der Waals surface area contributed by atoms with Crippen LogP contribution in [0.3, 0.4) is 0 Å². The number of phenolic OH excluding ortho intramolecular Hbond substituents is 1.